The molecule has 1 aliphatic carbocycles. The largest absolute Gasteiger partial charge is 0.362 e. The van der Waals surface area contributed by atoms with Gasteiger partial charge in [0.25, 0.3) is 0 Å². The third kappa shape index (κ3) is 3.23. The van der Waals surface area contributed by atoms with Crippen molar-refractivity contribution in [2.24, 2.45) is 17.8 Å². The van der Waals surface area contributed by atoms with E-state index in [4.69, 9.17) is 4.52 Å². The minimum atomic E-state index is -0.832. The first-order chi connectivity index (χ1) is 11.9. The molecule has 134 valence electrons. The van der Waals surface area contributed by atoms with Gasteiger partial charge in [0.1, 0.15) is 12.3 Å². The number of imide groups is 1. The van der Waals surface area contributed by atoms with E-state index in [1.807, 2.05) is 26.0 Å². The van der Waals surface area contributed by atoms with E-state index in [1.165, 1.54) is 11.2 Å². The number of nitrogens with one attached hydrogen (secondary N) is 1. The van der Waals surface area contributed by atoms with Crippen LogP contribution in [0.3, 0.4) is 0 Å². The predicted octanol–water partition coefficient (Wildman–Crippen LogP) is 2.29. The van der Waals surface area contributed by atoms with Crippen LogP contribution in [-0.2, 0) is 14.4 Å². The Morgan fingerprint density at radius 1 is 1.28 bits per heavy atom. The summed E-state index contributed by atoms with van der Waals surface area (Å²) in [5.74, 6) is -1.09. The monoisotopic (exact) mass is 345 g/mol. The molecule has 1 N–H and O–H groups in total. The quantitative estimate of drug-likeness (QED) is 0.653. The van der Waals surface area contributed by atoms with Crippen LogP contribution >= 0.6 is 0 Å². The highest BCUT2D eigenvalue weighted by molar-refractivity contribution is 6.10. The molecule has 3 unspecified atom stereocenters. The molecule has 1 aromatic heterocycles. The van der Waals surface area contributed by atoms with Gasteiger partial charge in [-0.2, -0.15) is 0 Å². The molecule has 0 saturated carbocycles. The molecule has 3 rings (SSSR count). The van der Waals surface area contributed by atoms with Crippen LogP contribution in [0.5, 0.6) is 0 Å². The minimum Gasteiger partial charge on any atom is -0.362 e. The fourth-order valence-corrected chi connectivity index (χ4v) is 3.52. The van der Waals surface area contributed by atoms with E-state index in [1.54, 1.807) is 6.92 Å². The average Bonchev–Trinajstić information content (AvgIpc) is 3.08. The SMILES string of the molecule is Cc1conc1NC(=O)C(CC(C)C)N1C(=O)C2CC=CCC2C1=O. The van der Waals surface area contributed by atoms with E-state index in [0.717, 1.165) is 0 Å². The topological polar surface area (TPSA) is 92.5 Å². The van der Waals surface area contributed by atoms with Gasteiger partial charge in [-0.1, -0.05) is 31.2 Å². The number of likely N-dealkylation sites (tertiary alicyclic amines) is 1. The minimum absolute atomic E-state index is 0.149. The highest BCUT2D eigenvalue weighted by Gasteiger charge is 2.51. The number of rotatable bonds is 5. The fraction of sp³-hybridized carbons (Fsp3) is 0.556. The molecule has 0 spiro atoms. The molecule has 1 fully saturated rings. The first kappa shape index (κ1) is 17.4. The lowest BCUT2D eigenvalue weighted by Crippen LogP contribution is -2.48. The van der Waals surface area contributed by atoms with Crippen molar-refractivity contribution in [2.45, 2.75) is 46.1 Å². The van der Waals surface area contributed by atoms with Crippen LogP contribution in [0, 0.1) is 24.7 Å². The second-order valence-corrected chi connectivity index (χ2v) is 7.18. The fourth-order valence-electron chi connectivity index (χ4n) is 3.52. The van der Waals surface area contributed by atoms with Crippen molar-refractivity contribution in [3.63, 3.8) is 0 Å². The third-order valence-corrected chi connectivity index (χ3v) is 4.84. The van der Waals surface area contributed by atoms with E-state index in [2.05, 4.69) is 10.5 Å². The van der Waals surface area contributed by atoms with Crippen molar-refractivity contribution in [3.05, 3.63) is 24.0 Å². The number of carbonyl (C=O) groups is 3. The zero-order valence-electron chi connectivity index (χ0n) is 14.7. The molecule has 7 heteroatoms. The van der Waals surface area contributed by atoms with Crippen LogP contribution in [-0.4, -0.2) is 33.8 Å². The van der Waals surface area contributed by atoms with Crippen LogP contribution in [0.2, 0.25) is 0 Å². The molecule has 3 atom stereocenters. The van der Waals surface area contributed by atoms with E-state index < -0.39 is 11.9 Å². The summed E-state index contributed by atoms with van der Waals surface area (Å²) in [5, 5.41) is 6.44. The van der Waals surface area contributed by atoms with Gasteiger partial charge in [0.2, 0.25) is 17.7 Å². The number of nitrogens with zero attached hydrogens (tertiary/aromatic N) is 2. The summed E-state index contributed by atoms with van der Waals surface area (Å²) in [6, 6.07) is -0.832. The summed E-state index contributed by atoms with van der Waals surface area (Å²) in [4.78, 5) is 39.6. The number of aromatic nitrogens is 1. The molecule has 25 heavy (non-hydrogen) atoms. The molecule has 3 amide bonds. The summed E-state index contributed by atoms with van der Waals surface area (Å²) in [6.07, 6.45) is 6.83. The van der Waals surface area contributed by atoms with E-state index in [-0.39, 0.29) is 29.6 Å². The van der Waals surface area contributed by atoms with Gasteiger partial charge in [-0.25, -0.2) is 0 Å². The number of allylic oxidation sites excluding steroid dienone is 2. The van der Waals surface area contributed by atoms with Gasteiger partial charge in [-0.3, -0.25) is 19.3 Å². The van der Waals surface area contributed by atoms with Crippen molar-refractivity contribution >= 4 is 23.5 Å². The smallest absolute Gasteiger partial charge is 0.248 e. The van der Waals surface area contributed by atoms with Gasteiger partial charge in [0, 0.05) is 5.56 Å². The van der Waals surface area contributed by atoms with Crippen molar-refractivity contribution < 1.29 is 18.9 Å². The molecule has 1 aromatic rings. The van der Waals surface area contributed by atoms with Crippen LogP contribution < -0.4 is 5.32 Å². The zero-order valence-corrected chi connectivity index (χ0v) is 14.7. The summed E-state index contributed by atoms with van der Waals surface area (Å²) < 4.78 is 4.83. The number of anilines is 1. The average molecular weight is 345 g/mol. The number of hydrogen-bond acceptors (Lipinski definition) is 5. The molecule has 1 saturated heterocycles. The Hall–Kier alpha value is -2.44. The lowest BCUT2D eigenvalue weighted by Gasteiger charge is -2.27. The maximum absolute atomic E-state index is 12.8. The van der Waals surface area contributed by atoms with Crippen LogP contribution in [0.25, 0.3) is 0 Å². The van der Waals surface area contributed by atoms with Crippen molar-refractivity contribution in [1.82, 2.24) is 10.1 Å². The van der Waals surface area contributed by atoms with Crippen molar-refractivity contribution in [2.75, 3.05) is 5.32 Å². The Morgan fingerprint density at radius 3 is 2.36 bits per heavy atom. The van der Waals surface area contributed by atoms with E-state index in [9.17, 15) is 14.4 Å². The first-order valence-corrected chi connectivity index (χ1v) is 8.64. The van der Waals surface area contributed by atoms with Gasteiger partial charge < -0.3 is 9.84 Å². The highest BCUT2D eigenvalue weighted by Crippen LogP contribution is 2.37. The molecule has 0 radical (unpaired) electrons. The maximum atomic E-state index is 12.8. The summed E-state index contributed by atoms with van der Waals surface area (Å²) in [5.41, 5.74) is 0.689. The molecule has 2 aliphatic rings. The zero-order chi connectivity index (χ0) is 18.1. The van der Waals surface area contributed by atoms with Gasteiger partial charge in [0.05, 0.1) is 11.8 Å². The molecule has 7 nitrogen and oxygen atoms in total. The Morgan fingerprint density at radius 2 is 1.88 bits per heavy atom. The van der Waals surface area contributed by atoms with Gasteiger partial charge in [-0.05, 0) is 32.1 Å². The maximum Gasteiger partial charge on any atom is 0.248 e. The van der Waals surface area contributed by atoms with Gasteiger partial charge in [0.15, 0.2) is 5.82 Å². The number of amides is 3. The number of aryl methyl sites for hydroxylation is 1. The first-order valence-electron chi connectivity index (χ1n) is 8.64. The van der Waals surface area contributed by atoms with Gasteiger partial charge >= 0.3 is 0 Å². The summed E-state index contributed by atoms with van der Waals surface area (Å²) in [6.45, 7) is 5.68. The predicted molar refractivity (Wildman–Crippen MR) is 90.3 cm³/mol. The highest BCUT2D eigenvalue weighted by atomic mass is 16.5. The van der Waals surface area contributed by atoms with E-state index in [0.29, 0.717) is 30.6 Å². The standard InChI is InChI=1S/C18H23N3O4/c1-10(2)8-14(16(22)19-15-11(3)9-25-20-15)21-17(23)12-6-4-5-7-13(12)18(21)24/h4-5,9-10,12-14H,6-8H2,1-3H3,(H,19,20,22). The second-order valence-electron chi connectivity index (χ2n) is 7.18. The summed E-state index contributed by atoms with van der Waals surface area (Å²) >= 11 is 0. The normalized spacial score (nSPS) is 23.9. The lowest BCUT2D eigenvalue weighted by molar-refractivity contribution is -0.147. The van der Waals surface area contributed by atoms with Gasteiger partial charge in [-0.15, -0.1) is 0 Å². The number of hydrogen-bond donors (Lipinski definition) is 1. The van der Waals surface area contributed by atoms with Crippen LogP contribution in [0.1, 0.15) is 38.7 Å². The molecule has 2 heterocycles. The van der Waals surface area contributed by atoms with Crippen LogP contribution in [0.4, 0.5) is 5.82 Å². The number of carbonyl (C=O) groups excluding carboxylic acids is 3. The Balaban J connectivity index is 1.85. The molecule has 1 aliphatic heterocycles. The van der Waals surface area contributed by atoms with E-state index >= 15 is 0 Å². The van der Waals surface area contributed by atoms with Crippen LogP contribution in [0.15, 0.2) is 22.9 Å². The molecular weight excluding hydrogens is 322 g/mol. The molecule has 0 aromatic carbocycles. The summed E-state index contributed by atoms with van der Waals surface area (Å²) in [7, 11) is 0. The Kier molecular flexibility index (Phi) is 4.74. The number of fused-ring (bicyclic) bond motifs is 1. The Labute approximate surface area is 146 Å². The molecule has 0 bridgehead atoms. The second kappa shape index (κ2) is 6.82. The van der Waals surface area contributed by atoms with Crippen molar-refractivity contribution in [3.8, 4) is 0 Å². The van der Waals surface area contributed by atoms with Crippen molar-refractivity contribution in [1.29, 1.82) is 0 Å². The molecular formula is C18H23N3O4. The third-order valence-electron chi connectivity index (χ3n) is 4.84. The lowest BCUT2D eigenvalue weighted by atomic mass is 9.85. The Bertz CT molecular complexity index is 696.